The van der Waals surface area contributed by atoms with Crippen molar-refractivity contribution in [2.75, 3.05) is 0 Å². The molecule has 0 amide bonds. The van der Waals surface area contributed by atoms with E-state index in [0.717, 1.165) is 15.9 Å². The van der Waals surface area contributed by atoms with E-state index < -0.39 is 0 Å². The maximum absolute atomic E-state index is 5.88. The Hall–Kier alpha value is -0.910. The summed E-state index contributed by atoms with van der Waals surface area (Å²) in [5.41, 5.74) is 7.13. The van der Waals surface area contributed by atoms with Gasteiger partial charge in [-0.15, -0.1) is 0 Å². The third kappa shape index (κ3) is 3.80. The van der Waals surface area contributed by atoms with Gasteiger partial charge in [-0.3, -0.25) is 0 Å². The van der Waals surface area contributed by atoms with Gasteiger partial charge in [0.15, 0.2) is 0 Å². The van der Waals surface area contributed by atoms with Crippen LogP contribution in [-0.4, -0.2) is 16.0 Å². The second-order valence-electron chi connectivity index (χ2n) is 4.08. The van der Waals surface area contributed by atoms with E-state index in [2.05, 4.69) is 38.0 Å². The summed E-state index contributed by atoms with van der Waals surface area (Å²) in [6.45, 7) is 2.02. The van der Waals surface area contributed by atoms with Gasteiger partial charge in [-0.1, -0.05) is 33.8 Å². The first-order valence-corrected chi connectivity index (χ1v) is 7.24. The summed E-state index contributed by atoms with van der Waals surface area (Å²) in [4.78, 5) is 9.33. The molecule has 1 aromatic carbocycles. The lowest BCUT2D eigenvalue weighted by atomic mass is 10.1. The summed E-state index contributed by atoms with van der Waals surface area (Å²) in [7, 11) is 0. The van der Waals surface area contributed by atoms with Gasteiger partial charge in [0, 0.05) is 21.6 Å². The van der Waals surface area contributed by atoms with E-state index in [4.69, 9.17) is 5.73 Å². The van der Waals surface area contributed by atoms with E-state index in [1.807, 2.05) is 19.1 Å². The average molecular weight is 324 g/mol. The molecule has 2 aromatic rings. The molecule has 3 nitrogen and oxygen atoms in total. The number of hydrogen-bond acceptors (Lipinski definition) is 4. The Bertz CT molecular complexity index is 517. The third-order valence-corrected chi connectivity index (χ3v) is 3.88. The average Bonchev–Trinajstić information content (AvgIpc) is 2.33. The molecule has 0 radical (unpaired) electrons. The van der Waals surface area contributed by atoms with E-state index in [1.54, 1.807) is 24.3 Å². The molecule has 94 valence electrons. The summed E-state index contributed by atoms with van der Waals surface area (Å²) in [6, 6.07) is 8.31. The fourth-order valence-electron chi connectivity index (χ4n) is 1.59. The summed E-state index contributed by atoms with van der Waals surface area (Å²) >= 11 is 5.13. The third-order valence-electron chi connectivity index (χ3n) is 2.34. The molecule has 0 saturated heterocycles. The number of nitrogens with two attached hydrogens (primary N) is 1. The van der Waals surface area contributed by atoms with Crippen LogP contribution in [0.4, 0.5) is 0 Å². The van der Waals surface area contributed by atoms with Gasteiger partial charge in [0.1, 0.15) is 11.4 Å². The van der Waals surface area contributed by atoms with E-state index in [9.17, 15) is 0 Å². The quantitative estimate of drug-likeness (QED) is 0.877. The van der Waals surface area contributed by atoms with Gasteiger partial charge < -0.3 is 5.73 Å². The van der Waals surface area contributed by atoms with Crippen LogP contribution in [0.1, 0.15) is 12.5 Å². The van der Waals surface area contributed by atoms with Crippen molar-refractivity contribution in [1.82, 2.24) is 9.97 Å². The number of rotatable bonds is 4. The van der Waals surface area contributed by atoms with Crippen LogP contribution in [0.15, 0.2) is 51.2 Å². The molecule has 18 heavy (non-hydrogen) atoms. The molecule has 0 bridgehead atoms. The Morgan fingerprint density at radius 2 is 2.22 bits per heavy atom. The van der Waals surface area contributed by atoms with Crippen LogP contribution in [-0.2, 0) is 6.42 Å². The first-order valence-electron chi connectivity index (χ1n) is 5.63. The Balaban J connectivity index is 2.27. The van der Waals surface area contributed by atoms with Crippen molar-refractivity contribution >= 4 is 27.7 Å². The number of aromatic nitrogens is 2. The molecule has 0 aliphatic rings. The van der Waals surface area contributed by atoms with Crippen molar-refractivity contribution in [3.63, 3.8) is 0 Å². The molecular formula is C13H14BrN3S. The predicted octanol–water partition coefficient (Wildman–Crippen LogP) is 3.28. The van der Waals surface area contributed by atoms with Gasteiger partial charge in [0.25, 0.3) is 0 Å². The Morgan fingerprint density at radius 1 is 1.39 bits per heavy atom. The number of halogens is 1. The lowest BCUT2D eigenvalue weighted by molar-refractivity contribution is 0.729. The second kappa shape index (κ2) is 6.31. The lowest BCUT2D eigenvalue weighted by Crippen LogP contribution is -2.18. The molecule has 1 heterocycles. The minimum Gasteiger partial charge on any atom is -0.328 e. The highest BCUT2D eigenvalue weighted by Gasteiger charge is 2.08. The standard InChI is InChI=1S/C13H14BrN3S/c1-9(15)6-10-2-3-11(14)7-12(10)18-13-4-5-16-8-17-13/h2-5,7-9H,6,15H2,1H3. The normalized spacial score (nSPS) is 12.4. The van der Waals surface area contributed by atoms with Gasteiger partial charge in [-0.25, -0.2) is 9.97 Å². The summed E-state index contributed by atoms with van der Waals surface area (Å²) < 4.78 is 1.06. The minimum absolute atomic E-state index is 0.149. The molecule has 5 heteroatoms. The monoisotopic (exact) mass is 323 g/mol. The summed E-state index contributed by atoms with van der Waals surface area (Å²) in [5, 5.41) is 0.939. The number of hydrogen-bond donors (Lipinski definition) is 1. The Morgan fingerprint density at radius 3 is 2.89 bits per heavy atom. The van der Waals surface area contributed by atoms with Crippen LogP contribution < -0.4 is 5.73 Å². The molecular weight excluding hydrogens is 310 g/mol. The zero-order valence-corrected chi connectivity index (χ0v) is 12.4. The maximum Gasteiger partial charge on any atom is 0.116 e. The van der Waals surface area contributed by atoms with Gasteiger partial charge in [0.2, 0.25) is 0 Å². The topological polar surface area (TPSA) is 51.8 Å². The molecule has 0 aliphatic heterocycles. The molecule has 0 fully saturated rings. The molecule has 1 aromatic heterocycles. The Kier molecular flexibility index (Phi) is 4.74. The van der Waals surface area contributed by atoms with Crippen molar-refractivity contribution in [3.8, 4) is 0 Å². The van der Waals surface area contributed by atoms with Crippen molar-refractivity contribution in [1.29, 1.82) is 0 Å². The van der Waals surface area contributed by atoms with Crippen molar-refractivity contribution < 1.29 is 0 Å². The zero-order valence-electron chi connectivity index (χ0n) is 10.0. The lowest BCUT2D eigenvalue weighted by Gasteiger charge is -2.11. The second-order valence-corrected chi connectivity index (χ2v) is 6.06. The highest BCUT2D eigenvalue weighted by atomic mass is 79.9. The molecule has 0 saturated carbocycles. The largest absolute Gasteiger partial charge is 0.328 e. The molecule has 2 rings (SSSR count). The van der Waals surface area contributed by atoms with E-state index >= 15 is 0 Å². The highest BCUT2D eigenvalue weighted by Crippen LogP contribution is 2.31. The first kappa shape index (κ1) is 13.5. The van der Waals surface area contributed by atoms with Gasteiger partial charge in [-0.05, 0) is 37.1 Å². The SMILES string of the molecule is CC(N)Cc1ccc(Br)cc1Sc1ccncn1. The minimum atomic E-state index is 0.149. The van der Waals surface area contributed by atoms with Crippen LogP contribution in [0.5, 0.6) is 0 Å². The fourth-order valence-corrected chi connectivity index (χ4v) is 3.03. The highest BCUT2D eigenvalue weighted by molar-refractivity contribution is 9.10. The van der Waals surface area contributed by atoms with Crippen LogP contribution in [0.3, 0.4) is 0 Å². The predicted molar refractivity (Wildman–Crippen MR) is 77.7 cm³/mol. The van der Waals surface area contributed by atoms with E-state index in [1.165, 1.54) is 10.5 Å². The molecule has 2 N–H and O–H groups in total. The van der Waals surface area contributed by atoms with Crippen molar-refractivity contribution in [3.05, 3.63) is 46.8 Å². The first-order chi connectivity index (χ1) is 8.65. The van der Waals surface area contributed by atoms with Crippen molar-refractivity contribution in [2.45, 2.75) is 29.3 Å². The molecule has 0 spiro atoms. The number of benzene rings is 1. The van der Waals surface area contributed by atoms with Crippen LogP contribution in [0.2, 0.25) is 0 Å². The van der Waals surface area contributed by atoms with Gasteiger partial charge >= 0.3 is 0 Å². The van der Waals surface area contributed by atoms with Crippen LogP contribution in [0.25, 0.3) is 0 Å². The van der Waals surface area contributed by atoms with Crippen LogP contribution >= 0.6 is 27.7 Å². The fraction of sp³-hybridized carbons (Fsp3) is 0.231. The number of nitrogens with zero attached hydrogens (tertiary/aromatic N) is 2. The van der Waals surface area contributed by atoms with Gasteiger partial charge in [-0.2, -0.15) is 0 Å². The molecule has 1 unspecified atom stereocenters. The summed E-state index contributed by atoms with van der Waals surface area (Å²) in [6.07, 6.45) is 4.17. The van der Waals surface area contributed by atoms with E-state index in [0.29, 0.717) is 0 Å². The van der Waals surface area contributed by atoms with Gasteiger partial charge in [0.05, 0.1) is 0 Å². The zero-order chi connectivity index (χ0) is 13.0. The van der Waals surface area contributed by atoms with Crippen molar-refractivity contribution in [2.24, 2.45) is 5.73 Å². The smallest absolute Gasteiger partial charge is 0.116 e. The summed E-state index contributed by atoms with van der Waals surface area (Å²) in [5.74, 6) is 0. The molecule has 0 aliphatic carbocycles. The Labute approximate surface area is 119 Å². The molecule has 1 atom stereocenters. The van der Waals surface area contributed by atoms with Crippen LogP contribution in [0, 0.1) is 0 Å². The maximum atomic E-state index is 5.88. The van der Waals surface area contributed by atoms with E-state index in [-0.39, 0.29) is 6.04 Å².